The summed E-state index contributed by atoms with van der Waals surface area (Å²) in [5, 5.41) is 1.25. The van der Waals surface area contributed by atoms with E-state index in [1.807, 2.05) is 31.2 Å². The van der Waals surface area contributed by atoms with Crippen molar-refractivity contribution in [3.63, 3.8) is 0 Å². The van der Waals surface area contributed by atoms with E-state index in [0.717, 1.165) is 11.3 Å². The second-order valence-electron chi connectivity index (χ2n) is 3.95. The fourth-order valence-corrected chi connectivity index (χ4v) is 1.54. The maximum Gasteiger partial charge on any atom is 0.246 e. The van der Waals surface area contributed by atoms with Crippen molar-refractivity contribution in [3.05, 3.63) is 29.8 Å². The maximum absolute atomic E-state index is 11.7. The molecular formula is C13H19NO3. The van der Waals surface area contributed by atoms with Gasteiger partial charge in [0, 0.05) is 13.5 Å². The molecule has 0 aliphatic rings. The molecule has 1 aromatic carbocycles. The van der Waals surface area contributed by atoms with Crippen molar-refractivity contribution in [1.29, 1.82) is 0 Å². The van der Waals surface area contributed by atoms with E-state index >= 15 is 0 Å². The third kappa shape index (κ3) is 3.75. The Balaban J connectivity index is 2.63. The molecule has 1 aromatic rings. The Morgan fingerprint density at radius 2 is 1.88 bits per heavy atom. The molecule has 0 N–H and O–H groups in total. The summed E-state index contributed by atoms with van der Waals surface area (Å²) in [5.74, 6) is 0.947. The molecule has 1 atom stereocenters. The highest BCUT2D eigenvalue weighted by atomic mass is 16.7. The zero-order valence-electron chi connectivity index (χ0n) is 10.8. The van der Waals surface area contributed by atoms with Gasteiger partial charge < -0.3 is 4.74 Å². The molecular weight excluding hydrogens is 218 g/mol. The average molecular weight is 237 g/mol. The minimum absolute atomic E-state index is 0.0316. The van der Waals surface area contributed by atoms with Crippen molar-refractivity contribution in [3.8, 4) is 5.75 Å². The fourth-order valence-electron chi connectivity index (χ4n) is 1.54. The predicted octanol–water partition coefficient (Wildman–Crippen LogP) is 2.21. The van der Waals surface area contributed by atoms with Crippen LogP contribution in [0, 0.1) is 0 Å². The summed E-state index contributed by atoms with van der Waals surface area (Å²) >= 11 is 0. The highest BCUT2D eigenvalue weighted by Gasteiger charge is 2.14. The standard InChI is InChI=1S/C13H19NO3/c1-10(9-13(15)14(2)17-4)11-5-7-12(16-3)8-6-11/h5-8,10H,9H2,1-4H3. The summed E-state index contributed by atoms with van der Waals surface area (Å²) in [7, 11) is 4.73. The molecule has 0 aliphatic carbocycles. The molecule has 94 valence electrons. The number of carbonyl (C=O) groups excluding carboxylic acids is 1. The molecule has 0 aromatic heterocycles. The maximum atomic E-state index is 11.7. The van der Waals surface area contributed by atoms with Gasteiger partial charge in [0.15, 0.2) is 0 Å². The largest absolute Gasteiger partial charge is 0.497 e. The molecule has 1 amide bonds. The first kappa shape index (κ1) is 13.5. The second kappa shape index (κ2) is 6.25. The van der Waals surface area contributed by atoms with E-state index in [0.29, 0.717) is 6.42 Å². The van der Waals surface area contributed by atoms with Gasteiger partial charge in [0.1, 0.15) is 5.75 Å². The highest BCUT2D eigenvalue weighted by molar-refractivity contribution is 5.75. The Morgan fingerprint density at radius 3 is 2.35 bits per heavy atom. The molecule has 17 heavy (non-hydrogen) atoms. The van der Waals surface area contributed by atoms with Gasteiger partial charge in [0.25, 0.3) is 0 Å². The first-order valence-electron chi connectivity index (χ1n) is 5.53. The van der Waals surface area contributed by atoms with E-state index < -0.39 is 0 Å². The van der Waals surface area contributed by atoms with Crippen LogP contribution < -0.4 is 4.74 Å². The number of hydrogen-bond donors (Lipinski definition) is 0. The molecule has 0 radical (unpaired) electrons. The molecule has 4 nitrogen and oxygen atoms in total. The van der Waals surface area contributed by atoms with Crippen LogP contribution in [0.3, 0.4) is 0 Å². The molecule has 0 fully saturated rings. The van der Waals surface area contributed by atoms with Gasteiger partial charge >= 0.3 is 0 Å². The first-order chi connectivity index (χ1) is 8.08. The summed E-state index contributed by atoms with van der Waals surface area (Å²) in [6.07, 6.45) is 0.427. The van der Waals surface area contributed by atoms with Crippen LogP contribution in [0.5, 0.6) is 5.75 Å². The molecule has 0 heterocycles. The van der Waals surface area contributed by atoms with Gasteiger partial charge in [0.2, 0.25) is 5.91 Å². The van der Waals surface area contributed by atoms with E-state index in [1.54, 1.807) is 14.2 Å². The third-order valence-corrected chi connectivity index (χ3v) is 2.79. The van der Waals surface area contributed by atoms with Crippen LogP contribution in [0.2, 0.25) is 0 Å². The van der Waals surface area contributed by atoms with Crippen molar-refractivity contribution < 1.29 is 14.4 Å². The van der Waals surface area contributed by atoms with Gasteiger partial charge in [-0.05, 0) is 23.6 Å². The predicted molar refractivity (Wildman–Crippen MR) is 65.8 cm³/mol. The lowest BCUT2D eigenvalue weighted by Gasteiger charge is -2.17. The topological polar surface area (TPSA) is 38.8 Å². The lowest BCUT2D eigenvalue weighted by molar-refractivity contribution is -0.169. The number of rotatable bonds is 5. The Hall–Kier alpha value is -1.55. The minimum Gasteiger partial charge on any atom is -0.497 e. The molecule has 0 bridgehead atoms. The van der Waals surface area contributed by atoms with Crippen molar-refractivity contribution in [2.75, 3.05) is 21.3 Å². The van der Waals surface area contributed by atoms with Crippen LogP contribution in [0.15, 0.2) is 24.3 Å². The molecule has 0 saturated carbocycles. The quantitative estimate of drug-likeness (QED) is 0.737. The van der Waals surface area contributed by atoms with Gasteiger partial charge in [-0.3, -0.25) is 9.63 Å². The van der Waals surface area contributed by atoms with Gasteiger partial charge in [-0.1, -0.05) is 19.1 Å². The van der Waals surface area contributed by atoms with Gasteiger partial charge in [-0.25, -0.2) is 5.06 Å². The van der Waals surface area contributed by atoms with Crippen LogP contribution in [0.1, 0.15) is 24.8 Å². The Morgan fingerprint density at radius 1 is 1.29 bits per heavy atom. The number of amides is 1. The summed E-state index contributed by atoms with van der Waals surface area (Å²) < 4.78 is 5.09. The van der Waals surface area contributed by atoms with E-state index in [1.165, 1.54) is 12.2 Å². The van der Waals surface area contributed by atoms with Gasteiger partial charge in [0.05, 0.1) is 14.2 Å². The SMILES string of the molecule is COc1ccc(C(C)CC(=O)N(C)OC)cc1. The number of carbonyl (C=O) groups is 1. The minimum atomic E-state index is -0.0316. The van der Waals surface area contributed by atoms with Gasteiger partial charge in [-0.2, -0.15) is 0 Å². The summed E-state index contributed by atoms with van der Waals surface area (Å²) in [6, 6.07) is 7.75. The highest BCUT2D eigenvalue weighted by Crippen LogP contribution is 2.22. The monoisotopic (exact) mass is 237 g/mol. The molecule has 1 unspecified atom stereocenters. The van der Waals surface area contributed by atoms with E-state index in [4.69, 9.17) is 9.57 Å². The number of hydroxylamine groups is 2. The van der Waals surface area contributed by atoms with E-state index in [-0.39, 0.29) is 11.8 Å². The van der Waals surface area contributed by atoms with Crippen molar-refractivity contribution in [2.24, 2.45) is 0 Å². The number of benzene rings is 1. The summed E-state index contributed by atoms with van der Waals surface area (Å²) in [4.78, 5) is 16.5. The zero-order chi connectivity index (χ0) is 12.8. The Kier molecular flexibility index (Phi) is 4.97. The third-order valence-electron chi connectivity index (χ3n) is 2.79. The number of hydrogen-bond acceptors (Lipinski definition) is 3. The fraction of sp³-hybridized carbons (Fsp3) is 0.462. The normalized spacial score (nSPS) is 12.0. The molecule has 4 heteroatoms. The smallest absolute Gasteiger partial charge is 0.246 e. The van der Waals surface area contributed by atoms with Gasteiger partial charge in [-0.15, -0.1) is 0 Å². The number of ether oxygens (including phenoxy) is 1. The molecule has 1 rings (SSSR count). The number of nitrogens with zero attached hydrogens (tertiary/aromatic N) is 1. The zero-order valence-corrected chi connectivity index (χ0v) is 10.8. The molecule has 0 saturated heterocycles. The average Bonchev–Trinajstić information content (AvgIpc) is 2.37. The summed E-state index contributed by atoms with van der Waals surface area (Å²) in [5.41, 5.74) is 1.11. The van der Waals surface area contributed by atoms with Crippen LogP contribution >= 0.6 is 0 Å². The lowest BCUT2D eigenvalue weighted by atomic mass is 9.97. The van der Waals surface area contributed by atoms with Crippen molar-refractivity contribution in [2.45, 2.75) is 19.3 Å². The van der Waals surface area contributed by atoms with Crippen LogP contribution in [0.4, 0.5) is 0 Å². The molecule has 0 aliphatic heterocycles. The van der Waals surface area contributed by atoms with Crippen LogP contribution in [0.25, 0.3) is 0 Å². The lowest BCUT2D eigenvalue weighted by Crippen LogP contribution is -2.26. The Bertz CT molecular complexity index is 361. The summed E-state index contributed by atoms with van der Waals surface area (Å²) in [6.45, 7) is 2.02. The van der Waals surface area contributed by atoms with Crippen LogP contribution in [-0.4, -0.2) is 32.2 Å². The van der Waals surface area contributed by atoms with E-state index in [9.17, 15) is 4.79 Å². The van der Waals surface area contributed by atoms with E-state index in [2.05, 4.69) is 0 Å². The molecule has 0 spiro atoms. The first-order valence-corrected chi connectivity index (χ1v) is 5.53. The number of methoxy groups -OCH3 is 1. The van der Waals surface area contributed by atoms with Crippen molar-refractivity contribution >= 4 is 5.91 Å². The Labute approximate surface area is 102 Å². The second-order valence-corrected chi connectivity index (χ2v) is 3.95. The van der Waals surface area contributed by atoms with Crippen molar-refractivity contribution in [1.82, 2.24) is 5.06 Å². The van der Waals surface area contributed by atoms with Crippen LogP contribution in [-0.2, 0) is 9.63 Å².